The van der Waals surface area contributed by atoms with Crippen LogP contribution >= 0.6 is 0 Å². The maximum Gasteiger partial charge on any atom is 0.329 e. The summed E-state index contributed by atoms with van der Waals surface area (Å²) in [6.07, 6.45) is 0.524. The van der Waals surface area contributed by atoms with Gasteiger partial charge in [-0.3, -0.25) is 20.2 Å². The van der Waals surface area contributed by atoms with Gasteiger partial charge in [-0.2, -0.15) is 0 Å². The van der Waals surface area contributed by atoms with E-state index in [4.69, 9.17) is 4.74 Å². The molecule has 0 saturated heterocycles. The van der Waals surface area contributed by atoms with Gasteiger partial charge < -0.3 is 20.1 Å². The van der Waals surface area contributed by atoms with E-state index in [0.29, 0.717) is 6.42 Å². The number of fused-ring (bicyclic) bond motifs is 3. The molecule has 1 aromatic heterocycles. The Morgan fingerprint density at radius 1 is 0.932 bits per heavy atom. The average Bonchev–Trinajstić information content (AvgIpc) is 3.43. The van der Waals surface area contributed by atoms with E-state index in [2.05, 4.69) is 15.6 Å². The highest BCUT2D eigenvalue weighted by Gasteiger charge is 2.36. The van der Waals surface area contributed by atoms with Gasteiger partial charge in [0.2, 0.25) is 5.91 Å². The molecule has 0 bridgehead atoms. The number of rotatable bonds is 9. The number of hydrogen-bond donors (Lipinski definition) is 4. The minimum atomic E-state index is -0.986. The quantitative estimate of drug-likeness (QED) is 0.109. The Balaban J connectivity index is 1.27. The molecule has 1 amide bonds. The summed E-state index contributed by atoms with van der Waals surface area (Å²) in [6.45, 7) is 0.0597. The van der Waals surface area contributed by atoms with Gasteiger partial charge in [-0.1, -0.05) is 72.8 Å². The van der Waals surface area contributed by atoms with E-state index in [1.165, 1.54) is 24.3 Å². The first-order valence-corrected chi connectivity index (χ1v) is 14.2. The van der Waals surface area contributed by atoms with Crippen LogP contribution in [0.3, 0.4) is 0 Å². The molecule has 0 saturated carbocycles. The normalized spacial score (nSPS) is 16.5. The van der Waals surface area contributed by atoms with Gasteiger partial charge >= 0.3 is 5.97 Å². The van der Waals surface area contributed by atoms with Crippen molar-refractivity contribution in [2.24, 2.45) is 0 Å². The van der Waals surface area contributed by atoms with Gasteiger partial charge in [-0.05, 0) is 46.9 Å². The molecular formula is C34H30N4O6. The van der Waals surface area contributed by atoms with E-state index in [0.717, 1.165) is 38.9 Å². The number of amides is 1. The smallest absolute Gasteiger partial charge is 0.329 e. The zero-order valence-electron chi connectivity index (χ0n) is 23.6. The molecule has 4 N–H and O–H groups in total. The number of benzene rings is 4. The lowest BCUT2D eigenvalue weighted by Gasteiger charge is -2.32. The number of esters is 1. The monoisotopic (exact) mass is 590 g/mol. The number of H-pyrrole nitrogens is 1. The van der Waals surface area contributed by atoms with E-state index < -0.39 is 29.0 Å². The molecule has 0 unspecified atom stereocenters. The van der Waals surface area contributed by atoms with Crippen LogP contribution in [-0.2, 0) is 33.8 Å². The Morgan fingerprint density at radius 3 is 2.36 bits per heavy atom. The minimum Gasteiger partial charge on any atom is -0.508 e. The van der Waals surface area contributed by atoms with Crippen molar-refractivity contribution in [1.29, 1.82) is 0 Å². The number of ether oxygens (including phenoxy) is 1. The first-order valence-electron chi connectivity index (χ1n) is 14.2. The lowest BCUT2D eigenvalue weighted by atomic mass is 9.89. The highest BCUT2D eigenvalue weighted by molar-refractivity contribution is 5.91. The summed E-state index contributed by atoms with van der Waals surface area (Å²) in [6, 6.07) is 27.6. The largest absolute Gasteiger partial charge is 0.508 e. The fourth-order valence-corrected chi connectivity index (χ4v) is 5.62. The Hall–Kier alpha value is -5.48. The van der Waals surface area contributed by atoms with Crippen LogP contribution in [0.4, 0.5) is 5.69 Å². The Bertz CT molecular complexity index is 1800. The molecule has 44 heavy (non-hydrogen) atoms. The fraction of sp³-hybridized carbons (Fsp3) is 0.176. The first-order chi connectivity index (χ1) is 21.4. The molecule has 5 aromatic rings. The van der Waals surface area contributed by atoms with Crippen LogP contribution in [0.25, 0.3) is 10.9 Å². The summed E-state index contributed by atoms with van der Waals surface area (Å²) < 4.78 is 5.61. The zero-order valence-corrected chi connectivity index (χ0v) is 23.6. The van der Waals surface area contributed by atoms with Crippen LogP contribution in [0.1, 0.15) is 34.0 Å². The number of nitro benzene ring substituents is 1. The number of nitrogens with zero attached hydrogens (tertiary/aromatic N) is 1. The number of hydrogen-bond acceptors (Lipinski definition) is 7. The molecule has 0 aliphatic carbocycles. The summed E-state index contributed by atoms with van der Waals surface area (Å²) in [7, 11) is 0. The number of aromatic nitrogens is 1. The van der Waals surface area contributed by atoms with Gasteiger partial charge in [-0.25, -0.2) is 4.79 Å². The summed E-state index contributed by atoms with van der Waals surface area (Å²) in [5.74, 6) is -0.863. The summed E-state index contributed by atoms with van der Waals surface area (Å²) >= 11 is 0. The number of phenolic OH excluding ortho intramolecular Hbond substituents is 1. The Labute approximate surface area is 252 Å². The van der Waals surface area contributed by atoms with Crippen LogP contribution in [-0.4, -0.2) is 39.0 Å². The van der Waals surface area contributed by atoms with Crippen molar-refractivity contribution in [3.05, 3.63) is 141 Å². The summed E-state index contributed by atoms with van der Waals surface area (Å²) in [5.41, 5.74) is 5.05. The van der Waals surface area contributed by atoms with Crippen molar-refractivity contribution in [2.45, 2.75) is 37.6 Å². The lowest BCUT2D eigenvalue weighted by molar-refractivity contribution is -0.384. The molecule has 1 aliphatic heterocycles. The maximum atomic E-state index is 13.9. The van der Waals surface area contributed by atoms with E-state index >= 15 is 0 Å². The SMILES string of the molecule is O=C(N[C@@H](Cc1ccc(O)cc1)C(=O)OCc1ccccc1)[C@@H]1Cc2c([nH]c3ccccc23)[C@@H](c2ccc([N+](=O)[O-])cc2)N1. The second kappa shape index (κ2) is 12.4. The molecule has 0 spiro atoms. The van der Waals surface area contributed by atoms with Crippen LogP contribution in [0.5, 0.6) is 5.75 Å². The van der Waals surface area contributed by atoms with Crippen LogP contribution in [0, 0.1) is 10.1 Å². The number of nitro groups is 1. The number of carbonyl (C=O) groups excluding carboxylic acids is 2. The Morgan fingerprint density at radius 2 is 1.64 bits per heavy atom. The van der Waals surface area contributed by atoms with Crippen molar-refractivity contribution in [1.82, 2.24) is 15.6 Å². The number of aromatic amines is 1. The predicted molar refractivity (Wildman–Crippen MR) is 164 cm³/mol. The molecule has 222 valence electrons. The number of non-ortho nitro benzene ring substituents is 1. The number of nitrogens with one attached hydrogen (secondary N) is 3. The molecule has 0 radical (unpaired) electrons. The van der Waals surface area contributed by atoms with Crippen molar-refractivity contribution in [3.63, 3.8) is 0 Å². The van der Waals surface area contributed by atoms with Crippen LogP contribution in [0.2, 0.25) is 0 Å². The number of para-hydroxylation sites is 1. The molecule has 10 nitrogen and oxygen atoms in total. The van der Waals surface area contributed by atoms with Gasteiger partial charge in [0.1, 0.15) is 18.4 Å². The molecule has 1 aliphatic rings. The van der Waals surface area contributed by atoms with Gasteiger partial charge in [-0.15, -0.1) is 0 Å². The molecule has 10 heteroatoms. The number of phenols is 1. The minimum absolute atomic E-state index is 0.0261. The molecule has 2 heterocycles. The van der Waals surface area contributed by atoms with Crippen molar-refractivity contribution >= 4 is 28.5 Å². The van der Waals surface area contributed by atoms with Crippen molar-refractivity contribution in [2.75, 3.05) is 0 Å². The first kappa shape index (κ1) is 28.6. The average molecular weight is 591 g/mol. The highest BCUT2D eigenvalue weighted by Crippen LogP contribution is 2.35. The van der Waals surface area contributed by atoms with Crippen molar-refractivity contribution < 1.29 is 24.4 Å². The summed E-state index contributed by atoms with van der Waals surface area (Å²) in [5, 5.41) is 28.3. The van der Waals surface area contributed by atoms with E-state index in [1.807, 2.05) is 54.6 Å². The molecule has 3 atom stereocenters. The predicted octanol–water partition coefficient (Wildman–Crippen LogP) is 4.86. The Kier molecular flexibility index (Phi) is 8.07. The fourth-order valence-electron chi connectivity index (χ4n) is 5.62. The third-order valence-electron chi connectivity index (χ3n) is 7.87. The standard InChI is InChI=1S/C34H30N4O6/c39-25-16-10-21(11-17-25)18-30(34(41)44-20-22-6-2-1-3-7-22)37-33(40)29-19-27-26-8-4-5-9-28(26)35-32(27)31(36-29)23-12-14-24(15-13-23)38(42)43/h1-17,29-31,35-36,39H,18-20H2,(H,37,40)/t29-,30-,31+/m0/s1. The van der Waals surface area contributed by atoms with Gasteiger partial charge in [0.15, 0.2) is 0 Å². The summed E-state index contributed by atoms with van der Waals surface area (Å²) in [4.78, 5) is 41.5. The second-order valence-electron chi connectivity index (χ2n) is 10.8. The van der Waals surface area contributed by atoms with E-state index in [9.17, 15) is 24.8 Å². The molecule has 0 fully saturated rings. The van der Waals surface area contributed by atoms with E-state index in [-0.39, 0.29) is 30.4 Å². The molecular weight excluding hydrogens is 560 g/mol. The van der Waals surface area contributed by atoms with Gasteiger partial charge in [0.05, 0.1) is 17.0 Å². The van der Waals surface area contributed by atoms with Crippen LogP contribution < -0.4 is 10.6 Å². The van der Waals surface area contributed by atoms with Gasteiger partial charge in [0.25, 0.3) is 5.69 Å². The molecule has 4 aromatic carbocycles. The lowest BCUT2D eigenvalue weighted by Crippen LogP contribution is -2.54. The topological polar surface area (TPSA) is 147 Å². The highest BCUT2D eigenvalue weighted by atomic mass is 16.6. The zero-order chi connectivity index (χ0) is 30.6. The van der Waals surface area contributed by atoms with E-state index in [1.54, 1.807) is 24.3 Å². The van der Waals surface area contributed by atoms with Gasteiger partial charge in [0, 0.05) is 35.2 Å². The number of aromatic hydroxyl groups is 1. The second-order valence-corrected chi connectivity index (χ2v) is 10.8. The maximum absolute atomic E-state index is 13.9. The van der Waals surface area contributed by atoms with Crippen molar-refractivity contribution in [3.8, 4) is 5.75 Å². The third-order valence-corrected chi connectivity index (χ3v) is 7.87. The van der Waals surface area contributed by atoms with Crippen LogP contribution in [0.15, 0.2) is 103 Å². The third kappa shape index (κ3) is 6.16. The molecule has 6 rings (SSSR count). The number of carbonyl (C=O) groups is 2.